The number of para-hydroxylation sites is 1. The number of urea groups is 1. The summed E-state index contributed by atoms with van der Waals surface area (Å²) in [7, 11) is 1.65. The smallest absolute Gasteiger partial charge is 0.315 e. The Kier molecular flexibility index (Phi) is 7.37. The minimum Gasteiger partial charge on any atom is -0.481 e. The lowest BCUT2D eigenvalue weighted by molar-refractivity contribution is -0.136. The van der Waals surface area contributed by atoms with Gasteiger partial charge in [0.05, 0.1) is 6.42 Å². The van der Waals surface area contributed by atoms with E-state index < -0.39 is 18.0 Å². The fourth-order valence-corrected chi connectivity index (χ4v) is 2.55. The molecule has 0 aromatic heterocycles. The topological polar surface area (TPSA) is 98.7 Å². The van der Waals surface area contributed by atoms with E-state index in [1.807, 2.05) is 60.7 Å². The van der Waals surface area contributed by atoms with Gasteiger partial charge in [0.2, 0.25) is 5.91 Å². The highest BCUT2D eigenvalue weighted by Crippen LogP contribution is 2.14. The zero-order valence-electron chi connectivity index (χ0n) is 15.1. The number of hydrogen-bond donors (Lipinski definition) is 3. The summed E-state index contributed by atoms with van der Waals surface area (Å²) in [6.45, 7) is -0.0120. The van der Waals surface area contributed by atoms with Crippen molar-refractivity contribution in [3.63, 3.8) is 0 Å². The molecule has 142 valence electrons. The number of carboxylic acids is 1. The molecule has 0 saturated carbocycles. The van der Waals surface area contributed by atoms with Gasteiger partial charge in [0.25, 0.3) is 0 Å². The van der Waals surface area contributed by atoms with Crippen molar-refractivity contribution >= 4 is 23.6 Å². The molecule has 27 heavy (non-hydrogen) atoms. The number of aliphatic carboxylic acids is 1. The number of rotatable bonds is 8. The highest BCUT2D eigenvalue weighted by molar-refractivity contribution is 5.98. The van der Waals surface area contributed by atoms with Gasteiger partial charge in [0.15, 0.2) is 0 Å². The second kappa shape index (κ2) is 9.96. The Morgan fingerprint density at radius 3 is 2.19 bits per heavy atom. The largest absolute Gasteiger partial charge is 0.481 e. The molecule has 1 atom stereocenters. The van der Waals surface area contributed by atoms with Crippen LogP contribution in [0.3, 0.4) is 0 Å². The number of benzene rings is 2. The first-order valence-electron chi connectivity index (χ1n) is 8.60. The molecule has 7 heteroatoms. The molecular weight excluding hydrogens is 346 g/mol. The molecule has 0 unspecified atom stereocenters. The summed E-state index contributed by atoms with van der Waals surface area (Å²) in [6.07, 6.45) is 0.137. The molecule has 0 radical (unpaired) electrons. The number of carbonyl (C=O) groups excluding carboxylic acids is 2. The molecule has 0 aliphatic carbocycles. The van der Waals surface area contributed by atoms with E-state index in [0.29, 0.717) is 12.1 Å². The summed E-state index contributed by atoms with van der Waals surface area (Å²) in [5, 5.41) is 13.8. The van der Waals surface area contributed by atoms with Gasteiger partial charge in [-0.05, 0) is 17.7 Å². The Morgan fingerprint density at radius 1 is 1.00 bits per heavy atom. The van der Waals surface area contributed by atoms with Gasteiger partial charge >= 0.3 is 12.0 Å². The quantitative estimate of drug-likeness (QED) is 0.663. The summed E-state index contributed by atoms with van der Waals surface area (Å²) < 4.78 is 0. The molecule has 3 N–H and O–H groups in total. The lowest BCUT2D eigenvalue weighted by Gasteiger charge is -2.25. The summed E-state index contributed by atoms with van der Waals surface area (Å²) in [5.74, 6) is -1.27. The second-order valence-electron chi connectivity index (χ2n) is 6.02. The Labute approximate surface area is 158 Å². The van der Waals surface area contributed by atoms with Crippen LogP contribution in [0.2, 0.25) is 0 Å². The molecule has 2 rings (SSSR count). The maximum atomic E-state index is 13.0. The van der Waals surface area contributed by atoms with Gasteiger partial charge < -0.3 is 20.6 Å². The van der Waals surface area contributed by atoms with Crippen LogP contribution in [0.4, 0.5) is 10.5 Å². The lowest BCUT2D eigenvalue weighted by atomic mass is 10.0. The highest BCUT2D eigenvalue weighted by Gasteiger charge is 2.25. The van der Waals surface area contributed by atoms with Crippen LogP contribution >= 0.6 is 0 Å². The molecular formula is C20H23N3O4. The molecule has 3 amide bonds. The third-order valence-corrected chi connectivity index (χ3v) is 3.98. The van der Waals surface area contributed by atoms with Crippen molar-refractivity contribution in [2.24, 2.45) is 0 Å². The maximum Gasteiger partial charge on any atom is 0.315 e. The fourth-order valence-electron chi connectivity index (χ4n) is 2.55. The number of nitrogens with one attached hydrogen (secondary N) is 2. The summed E-state index contributed by atoms with van der Waals surface area (Å²) >= 11 is 0. The summed E-state index contributed by atoms with van der Waals surface area (Å²) in [6, 6.07) is 17.1. The first-order chi connectivity index (χ1) is 13.0. The van der Waals surface area contributed by atoms with Crippen LogP contribution in [-0.4, -0.2) is 42.6 Å². The normalized spacial score (nSPS) is 11.3. The van der Waals surface area contributed by atoms with Crippen LogP contribution in [0, 0.1) is 0 Å². The number of carbonyl (C=O) groups is 3. The van der Waals surface area contributed by atoms with Gasteiger partial charge in [-0.3, -0.25) is 9.59 Å². The molecule has 0 fully saturated rings. The van der Waals surface area contributed by atoms with Gasteiger partial charge in [-0.15, -0.1) is 0 Å². The molecule has 7 nitrogen and oxygen atoms in total. The van der Waals surface area contributed by atoms with E-state index in [1.54, 1.807) is 7.05 Å². The third-order valence-electron chi connectivity index (χ3n) is 3.98. The second-order valence-corrected chi connectivity index (χ2v) is 6.02. The molecule has 0 aliphatic rings. The lowest BCUT2D eigenvalue weighted by Crippen LogP contribution is -2.51. The molecule has 0 bridgehead atoms. The van der Waals surface area contributed by atoms with Crippen molar-refractivity contribution in [3.05, 3.63) is 66.2 Å². The number of carboxylic acid groups (broad SMARTS) is 1. The molecule has 0 spiro atoms. The van der Waals surface area contributed by atoms with Gasteiger partial charge in [0, 0.05) is 25.7 Å². The Balaban J connectivity index is 2.10. The van der Waals surface area contributed by atoms with Crippen molar-refractivity contribution in [2.75, 3.05) is 18.5 Å². The SMILES string of the molecule is CN(C(=O)[C@H](Cc1ccccc1)NC(=O)NCCC(=O)O)c1ccccc1. The van der Waals surface area contributed by atoms with Crippen molar-refractivity contribution in [1.82, 2.24) is 10.6 Å². The van der Waals surface area contributed by atoms with Crippen molar-refractivity contribution in [2.45, 2.75) is 18.9 Å². The number of nitrogens with zero attached hydrogens (tertiary/aromatic N) is 1. The first-order valence-corrected chi connectivity index (χ1v) is 8.60. The van der Waals surface area contributed by atoms with Crippen LogP contribution in [0.25, 0.3) is 0 Å². The Bertz CT molecular complexity index is 765. The van der Waals surface area contributed by atoms with E-state index >= 15 is 0 Å². The summed E-state index contributed by atoms with van der Waals surface area (Å²) in [5.41, 5.74) is 1.62. The summed E-state index contributed by atoms with van der Waals surface area (Å²) in [4.78, 5) is 37.1. The first kappa shape index (κ1) is 20.0. The minimum atomic E-state index is -1.00. The van der Waals surface area contributed by atoms with E-state index in [9.17, 15) is 14.4 Å². The third kappa shape index (κ3) is 6.47. The van der Waals surface area contributed by atoms with E-state index in [0.717, 1.165) is 5.56 Å². The van der Waals surface area contributed by atoms with Crippen LogP contribution in [0.1, 0.15) is 12.0 Å². The minimum absolute atomic E-state index is 0.0120. The zero-order valence-corrected chi connectivity index (χ0v) is 15.1. The number of anilines is 1. The van der Waals surface area contributed by atoms with E-state index in [2.05, 4.69) is 10.6 Å². The predicted octanol–water partition coefficient (Wildman–Crippen LogP) is 2.03. The monoisotopic (exact) mass is 369 g/mol. The average Bonchev–Trinajstić information content (AvgIpc) is 2.67. The fraction of sp³-hybridized carbons (Fsp3) is 0.250. The van der Waals surface area contributed by atoms with Crippen molar-refractivity contribution in [3.8, 4) is 0 Å². The Morgan fingerprint density at radius 2 is 1.59 bits per heavy atom. The van der Waals surface area contributed by atoms with Crippen LogP contribution in [-0.2, 0) is 16.0 Å². The van der Waals surface area contributed by atoms with Gasteiger partial charge in [-0.1, -0.05) is 48.5 Å². The van der Waals surface area contributed by atoms with Crippen molar-refractivity contribution < 1.29 is 19.5 Å². The maximum absolute atomic E-state index is 13.0. The van der Waals surface area contributed by atoms with Crippen LogP contribution in [0.15, 0.2) is 60.7 Å². The highest BCUT2D eigenvalue weighted by atomic mass is 16.4. The Hall–Kier alpha value is -3.35. The van der Waals surface area contributed by atoms with Gasteiger partial charge in [0.1, 0.15) is 6.04 Å². The number of hydrogen-bond acceptors (Lipinski definition) is 3. The number of likely N-dealkylation sites (N-methyl/N-ethyl adjacent to an activating group) is 1. The van der Waals surface area contributed by atoms with E-state index in [1.165, 1.54) is 4.90 Å². The number of amides is 3. The molecule has 0 saturated heterocycles. The molecule has 0 heterocycles. The van der Waals surface area contributed by atoms with E-state index in [-0.39, 0.29) is 18.9 Å². The van der Waals surface area contributed by atoms with Gasteiger partial charge in [-0.2, -0.15) is 0 Å². The van der Waals surface area contributed by atoms with Gasteiger partial charge in [-0.25, -0.2) is 4.79 Å². The standard InChI is InChI=1S/C20H23N3O4/c1-23(16-10-6-3-7-11-16)19(26)17(14-15-8-4-2-5-9-15)22-20(27)21-13-12-18(24)25/h2-11,17H,12-14H2,1H3,(H,24,25)(H2,21,22,27)/t17-/m0/s1. The zero-order chi connectivity index (χ0) is 19.6. The van der Waals surface area contributed by atoms with Crippen LogP contribution in [0.5, 0.6) is 0 Å². The van der Waals surface area contributed by atoms with E-state index in [4.69, 9.17) is 5.11 Å². The molecule has 2 aromatic carbocycles. The molecule has 0 aliphatic heterocycles. The van der Waals surface area contributed by atoms with Crippen LogP contribution < -0.4 is 15.5 Å². The predicted molar refractivity (Wildman–Crippen MR) is 103 cm³/mol. The van der Waals surface area contributed by atoms with Crippen molar-refractivity contribution in [1.29, 1.82) is 0 Å². The average molecular weight is 369 g/mol. The molecule has 2 aromatic rings.